The molecule has 0 amide bonds. The number of hydrogen-bond acceptors (Lipinski definition) is 6. The lowest BCUT2D eigenvalue weighted by atomic mass is 10.1. The lowest BCUT2D eigenvalue weighted by molar-refractivity contribution is 0.277. The first kappa shape index (κ1) is 16.9. The van der Waals surface area contributed by atoms with Crippen molar-refractivity contribution in [3.8, 4) is 0 Å². The number of piperazine rings is 1. The van der Waals surface area contributed by atoms with E-state index in [4.69, 9.17) is 0 Å². The fourth-order valence-electron chi connectivity index (χ4n) is 3.50. The molecule has 1 unspecified atom stereocenters. The van der Waals surface area contributed by atoms with Crippen LogP contribution in [-0.4, -0.2) is 58.8 Å². The fourth-order valence-corrected chi connectivity index (χ4v) is 3.50. The number of rotatable bonds is 3. The third kappa shape index (κ3) is 3.67. The molecular weight excluding hydrogens is 328 g/mol. The molecule has 0 spiro atoms. The number of pyridine rings is 1. The zero-order chi connectivity index (χ0) is 17.9. The molecular formula is C19H24N6O. The summed E-state index contributed by atoms with van der Waals surface area (Å²) in [5.74, 6) is 1.41. The Hall–Kier alpha value is -2.54. The van der Waals surface area contributed by atoms with Crippen LogP contribution in [0.2, 0.25) is 0 Å². The van der Waals surface area contributed by atoms with Gasteiger partial charge in [-0.15, -0.1) is 0 Å². The largest absolute Gasteiger partial charge is 0.353 e. The quantitative estimate of drug-likeness (QED) is 0.912. The molecule has 0 saturated carbocycles. The highest BCUT2D eigenvalue weighted by Gasteiger charge is 2.21. The molecule has 1 N–H and O–H groups in total. The predicted molar refractivity (Wildman–Crippen MR) is 104 cm³/mol. The third-order valence-electron chi connectivity index (χ3n) is 5.06. The summed E-state index contributed by atoms with van der Waals surface area (Å²) < 4.78 is 0. The van der Waals surface area contributed by atoms with Crippen LogP contribution in [-0.2, 0) is 0 Å². The number of H-pyrrole nitrogens is 1. The number of fused-ring (bicyclic) bond motifs is 1. The summed E-state index contributed by atoms with van der Waals surface area (Å²) >= 11 is 0. The van der Waals surface area contributed by atoms with Gasteiger partial charge in [-0.3, -0.25) is 14.9 Å². The van der Waals surface area contributed by atoms with E-state index in [0.29, 0.717) is 11.6 Å². The van der Waals surface area contributed by atoms with Gasteiger partial charge in [-0.1, -0.05) is 13.0 Å². The summed E-state index contributed by atoms with van der Waals surface area (Å²) in [5, 5.41) is 0.894. The minimum Gasteiger partial charge on any atom is -0.353 e. The van der Waals surface area contributed by atoms with E-state index in [1.807, 2.05) is 12.1 Å². The second-order valence-corrected chi connectivity index (χ2v) is 7.11. The lowest BCUT2D eigenvalue weighted by Gasteiger charge is -2.35. The smallest absolute Gasteiger partial charge is 0.348 e. The van der Waals surface area contributed by atoms with E-state index >= 15 is 0 Å². The van der Waals surface area contributed by atoms with Gasteiger partial charge in [0.15, 0.2) is 0 Å². The van der Waals surface area contributed by atoms with Crippen LogP contribution >= 0.6 is 0 Å². The highest BCUT2D eigenvalue weighted by Crippen LogP contribution is 2.22. The number of aromatic nitrogens is 3. The summed E-state index contributed by atoms with van der Waals surface area (Å²) in [6.07, 6.45) is 8.17. The molecule has 4 heterocycles. The molecule has 0 bridgehead atoms. The average Bonchev–Trinajstić information content (AvgIpc) is 2.86. The number of nitrogens with zero attached hydrogens (tertiary/aromatic N) is 5. The molecule has 1 atom stereocenters. The summed E-state index contributed by atoms with van der Waals surface area (Å²) in [6, 6.07) is 3.83. The molecule has 0 radical (unpaired) electrons. The third-order valence-corrected chi connectivity index (χ3v) is 5.06. The number of allylic oxidation sites excluding steroid dienone is 1. The van der Waals surface area contributed by atoms with E-state index in [9.17, 15) is 4.79 Å². The number of hydrogen-bond donors (Lipinski definition) is 1. The van der Waals surface area contributed by atoms with E-state index in [-0.39, 0.29) is 5.69 Å². The van der Waals surface area contributed by atoms with Crippen molar-refractivity contribution in [3.63, 3.8) is 0 Å². The first-order chi connectivity index (χ1) is 12.7. The van der Waals surface area contributed by atoms with Crippen LogP contribution in [0.15, 0.2) is 39.9 Å². The normalized spacial score (nSPS) is 21.7. The molecule has 0 aliphatic carbocycles. The predicted octanol–water partition coefficient (Wildman–Crippen LogP) is 1.82. The van der Waals surface area contributed by atoms with Crippen LogP contribution in [0, 0.1) is 5.92 Å². The molecule has 2 aromatic heterocycles. The lowest BCUT2D eigenvalue weighted by Crippen LogP contribution is -2.47. The van der Waals surface area contributed by atoms with Gasteiger partial charge in [0.25, 0.3) is 0 Å². The fraction of sp³-hybridized carbons (Fsp3) is 0.474. The molecule has 1 saturated heterocycles. The SMILES string of the molecule is CC1CC=NC(CN2CCN(c3nc(=O)[nH]c4ncccc34)CC2)=CC1. The Kier molecular flexibility index (Phi) is 4.79. The number of aromatic amines is 1. The topological polar surface area (TPSA) is 77.5 Å². The molecule has 2 aliphatic rings. The number of anilines is 1. The highest BCUT2D eigenvalue weighted by atomic mass is 16.1. The van der Waals surface area contributed by atoms with Gasteiger partial charge in [0.05, 0.1) is 5.39 Å². The Labute approximate surface area is 152 Å². The molecule has 2 aromatic rings. The second kappa shape index (κ2) is 7.37. The van der Waals surface area contributed by atoms with Crippen molar-refractivity contribution in [2.24, 2.45) is 10.9 Å². The van der Waals surface area contributed by atoms with E-state index in [0.717, 1.165) is 56.8 Å². The zero-order valence-electron chi connectivity index (χ0n) is 15.1. The Morgan fingerprint density at radius 2 is 2.08 bits per heavy atom. The molecule has 4 rings (SSSR count). The molecule has 0 aromatic carbocycles. The molecule has 7 nitrogen and oxygen atoms in total. The van der Waals surface area contributed by atoms with Gasteiger partial charge in [-0.25, -0.2) is 9.78 Å². The minimum atomic E-state index is -0.347. The molecule has 26 heavy (non-hydrogen) atoms. The van der Waals surface area contributed by atoms with Gasteiger partial charge in [0.1, 0.15) is 11.5 Å². The Balaban J connectivity index is 1.45. The summed E-state index contributed by atoms with van der Waals surface area (Å²) in [5.41, 5.74) is 1.42. The maximum atomic E-state index is 11.9. The van der Waals surface area contributed by atoms with Crippen LogP contribution in [0.3, 0.4) is 0 Å². The molecule has 136 valence electrons. The van der Waals surface area contributed by atoms with Crippen molar-refractivity contribution >= 4 is 23.1 Å². The van der Waals surface area contributed by atoms with Crippen LogP contribution in [0.4, 0.5) is 5.82 Å². The van der Waals surface area contributed by atoms with Crippen LogP contribution in [0.1, 0.15) is 19.8 Å². The van der Waals surface area contributed by atoms with Gasteiger partial charge in [-0.2, -0.15) is 4.98 Å². The van der Waals surface area contributed by atoms with Crippen LogP contribution in [0.25, 0.3) is 11.0 Å². The second-order valence-electron chi connectivity index (χ2n) is 7.11. The van der Waals surface area contributed by atoms with Crippen molar-refractivity contribution in [2.45, 2.75) is 19.8 Å². The molecule has 1 fully saturated rings. The van der Waals surface area contributed by atoms with Gasteiger partial charge in [0, 0.05) is 50.8 Å². The van der Waals surface area contributed by atoms with Crippen molar-refractivity contribution in [1.82, 2.24) is 19.9 Å². The number of nitrogens with one attached hydrogen (secondary N) is 1. The first-order valence-corrected chi connectivity index (χ1v) is 9.23. The summed E-state index contributed by atoms with van der Waals surface area (Å²) in [4.78, 5) is 32.2. The van der Waals surface area contributed by atoms with E-state index in [1.54, 1.807) is 6.20 Å². The van der Waals surface area contributed by atoms with Crippen molar-refractivity contribution in [3.05, 3.63) is 40.6 Å². The van der Waals surface area contributed by atoms with Gasteiger partial charge < -0.3 is 4.90 Å². The van der Waals surface area contributed by atoms with E-state index < -0.39 is 0 Å². The van der Waals surface area contributed by atoms with Crippen molar-refractivity contribution in [1.29, 1.82) is 0 Å². The van der Waals surface area contributed by atoms with Crippen LogP contribution in [0.5, 0.6) is 0 Å². The highest BCUT2D eigenvalue weighted by molar-refractivity contribution is 5.86. The van der Waals surface area contributed by atoms with Gasteiger partial charge >= 0.3 is 5.69 Å². The standard InChI is InChI=1S/C19H24N6O/c1-14-4-5-15(20-8-6-14)13-24-9-11-25(12-10-24)18-16-3-2-7-21-17(16)22-19(26)23-18/h2-3,5,7-8,14H,4,6,9-13H2,1H3,(H,21,22,23,26). The molecule has 2 aliphatic heterocycles. The average molecular weight is 352 g/mol. The number of aliphatic imine (C=N–C) groups is 1. The Morgan fingerprint density at radius 1 is 1.23 bits per heavy atom. The maximum Gasteiger partial charge on any atom is 0.348 e. The zero-order valence-corrected chi connectivity index (χ0v) is 15.1. The minimum absolute atomic E-state index is 0.347. The Morgan fingerprint density at radius 3 is 2.92 bits per heavy atom. The van der Waals surface area contributed by atoms with Gasteiger partial charge in [-0.05, 0) is 30.9 Å². The van der Waals surface area contributed by atoms with E-state index in [1.165, 1.54) is 5.70 Å². The first-order valence-electron chi connectivity index (χ1n) is 9.23. The molecule has 7 heteroatoms. The van der Waals surface area contributed by atoms with E-state index in [2.05, 4.69) is 49.0 Å². The monoisotopic (exact) mass is 352 g/mol. The maximum absolute atomic E-state index is 11.9. The summed E-state index contributed by atoms with van der Waals surface area (Å²) in [6.45, 7) is 6.69. The van der Waals surface area contributed by atoms with Crippen molar-refractivity contribution in [2.75, 3.05) is 37.6 Å². The van der Waals surface area contributed by atoms with Crippen LogP contribution < -0.4 is 10.6 Å². The Bertz CT molecular complexity index is 894. The summed E-state index contributed by atoms with van der Waals surface area (Å²) in [7, 11) is 0. The van der Waals surface area contributed by atoms with Crippen molar-refractivity contribution < 1.29 is 0 Å². The van der Waals surface area contributed by atoms with Gasteiger partial charge in [0.2, 0.25) is 0 Å².